The van der Waals surface area contributed by atoms with Gasteiger partial charge in [-0.2, -0.15) is 0 Å². The maximum atomic E-state index is 11.9. The van der Waals surface area contributed by atoms with E-state index in [9.17, 15) is 13.0 Å². The van der Waals surface area contributed by atoms with Crippen molar-refractivity contribution in [2.45, 2.75) is 105 Å². The fourth-order valence-corrected chi connectivity index (χ4v) is 12.9. The maximum absolute atomic E-state index is 11.9. The molecule has 0 unspecified atom stereocenters. The van der Waals surface area contributed by atoms with Crippen molar-refractivity contribution in [3.05, 3.63) is 0 Å². The van der Waals surface area contributed by atoms with E-state index < -0.39 is 17.2 Å². The molecule has 0 aliphatic rings. The van der Waals surface area contributed by atoms with Gasteiger partial charge in [0.1, 0.15) is 0 Å². The van der Waals surface area contributed by atoms with Crippen LogP contribution in [0.5, 0.6) is 0 Å². The van der Waals surface area contributed by atoms with Crippen LogP contribution in [0.1, 0.15) is 105 Å². The van der Waals surface area contributed by atoms with Gasteiger partial charge >= 0.3 is 164 Å². The summed E-state index contributed by atoms with van der Waals surface area (Å²) in [6.45, 7) is 5.72. The standard InChI is InChI=1S/C20H45O4PS/c1-5-9-13-17-25(18-14-10-6-2,19-15-11-7-3,20-16-12-8-4)24-26(21,22)23/h5-20H2,1-4H3,(H,21,22,23). The first-order valence-electron chi connectivity index (χ1n) is 11.0. The van der Waals surface area contributed by atoms with E-state index in [0.29, 0.717) is 0 Å². The van der Waals surface area contributed by atoms with Crippen LogP contribution in [0.2, 0.25) is 0 Å². The van der Waals surface area contributed by atoms with Crippen molar-refractivity contribution in [3.8, 4) is 0 Å². The van der Waals surface area contributed by atoms with E-state index in [1.807, 2.05) is 0 Å². The van der Waals surface area contributed by atoms with E-state index in [2.05, 4.69) is 27.7 Å². The van der Waals surface area contributed by atoms with Gasteiger partial charge in [-0.25, -0.2) is 0 Å². The van der Waals surface area contributed by atoms with Crippen LogP contribution >= 0.6 is 6.83 Å². The van der Waals surface area contributed by atoms with Crippen LogP contribution < -0.4 is 0 Å². The number of unbranched alkanes of at least 4 members (excludes halogenated alkanes) is 8. The molecule has 0 aromatic rings. The Hall–Kier alpha value is 0.300. The predicted molar refractivity (Wildman–Crippen MR) is 117 cm³/mol. The van der Waals surface area contributed by atoms with E-state index in [0.717, 1.165) is 102 Å². The molecule has 0 fully saturated rings. The second kappa shape index (κ2) is 13.5. The van der Waals surface area contributed by atoms with Gasteiger partial charge in [-0.15, -0.1) is 0 Å². The molecule has 0 heterocycles. The van der Waals surface area contributed by atoms with Gasteiger partial charge in [0.15, 0.2) is 0 Å². The van der Waals surface area contributed by atoms with Gasteiger partial charge in [0.05, 0.1) is 0 Å². The van der Waals surface area contributed by atoms with Crippen LogP contribution in [0, 0.1) is 0 Å². The predicted octanol–water partition coefficient (Wildman–Crippen LogP) is 7.03. The average molecular weight is 413 g/mol. The van der Waals surface area contributed by atoms with Crippen LogP contribution in [0.15, 0.2) is 0 Å². The zero-order valence-electron chi connectivity index (χ0n) is 17.8. The Morgan fingerprint density at radius 2 is 0.885 bits per heavy atom. The van der Waals surface area contributed by atoms with Crippen molar-refractivity contribution in [2.24, 2.45) is 0 Å². The Labute approximate surface area is 163 Å². The van der Waals surface area contributed by atoms with Crippen molar-refractivity contribution >= 4 is 17.2 Å². The van der Waals surface area contributed by atoms with E-state index in [1.54, 1.807) is 0 Å². The van der Waals surface area contributed by atoms with Crippen molar-refractivity contribution in [1.29, 1.82) is 0 Å². The first kappa shape index (κ1) is 26.3. The van der Waals surface area contributed by atoms with Gasteiger partial charge < -0.3 is 0 Å². The summed E-state index contributed by atoms with van der Waals surface area (Å²) in [4.78, 5) is 0. The fraction of sp³-hybridized carbons (Fsp3) is 1.00. The molecular weight excluding hydrogens is 367 g/mol. The molecule has 0 aliphatic heterocycles. The van der Waals surface area contributed by atoms with Crippen molar-refractivity contribution in [1.82, 2.24) is 0 Å². The molecule has 0 aromatic heterocycles. The number of hydrogen-bond donors (Lipinski definition) is 1. The van der Waals surface area contributed by atoms with Crippen molar-refractivity contribution in [2.75, 3.05) is 24.6 Å². The van der Waals surface area contributed by atoms with Crippen LogP contribution in [-0.2, 0) is 14.4 Å². The fourth-order valence-electron chi connectivity index (χ4n) is 4.13. The molecule has 0 saturated carbocycles. The average Bonchev–Trinajstić information content (AvgIpc) is 2.55. The Balaban J connectivity index is 5.81. The SMILES string of the molecule is CCCCCP(CCCCC)(CCCCC)(CCCCC)OS(=O)(=O)O. The van der Waals surface area contributed by atoms with Gasteiger partial charge in [-0.1, -0.05) is 0 Å². The topological polar surface area (TPSA) is 63.6 Å². The summed E-state index contributed by atoms with van der Waals surface area (Å²) in [5, 5.41) is 0. The third-order valence-electron chi connectivity index (χ3n) is 5.61. The van der Waals surface area contributed by atoms with E-state index in [1.165, 1.54) is 0 Å². The minimum atomic E-state index is -4.43. The molecule has 4 nitrogen and oxygen atoms in total. The van der Waals surface area contributed by atoms with Gasteiger partial charge in [0, 0.05) is 0 Å². The third-order valence-corrected chi connectivity index (χ3v) is 13.8. The summed E-state index contributed by atoms with van der Waals surface area (Å²) in [5.74, 6) is 0. The van der Waals surface area contributed by atoms with Crippen LogP contribution in [0.3, 0.4) is 0 Å². The van der Waals surface area contributed by atoms with Crippen molar-refractivity contribution in [3.63, 3.8) is 0 Å². The molecule has 160 valence electrons. The number of hydrogen-bond acceptors (Lipinski definition) is 3. The van der Waals surface area contributed by atoms with E-state index in [4.69, 9.17) is 3.97 Å². The molecule has 0 radical (unpaired) electrons. The summed E-state index contributed by atoms with van der Waals surface area (Å²) in [5.41, 5.74) is 0. The zero-order valence-corrected chi connectivity index (χ0v) is 19.6. The second-order valence-corrected chi connectivity index (χ2v) is 15.0. The first-order valence-corrected chi connectivity index (χ1v) is 15.2. The summed E-state index contributed by atoms with van der Waals surface area (Å²) in [7, 11) is -4.43. The molecule has 0 saturated heterocycles. The molecule has 0 aliphatic carbocycles. The third kappa shape index (κ3) is 10.6. The van der Waals surface area contributed by atoms with Crippen LogP contribution in [0.4, 0.5) is 0 Å². The van der Waals surface area contributed by atoms with Crippen LogP contribution in [-0.4, -0.2) is 37.6 Å². The van der Waals surface area contributed by atoms with Gasteiger partial charge in [-0.3, -0.25) is 0 Å². The molecule has 26 heavy (non-hydrogen) atoms. The van der Waals surface area contributed by atoms with E-state index in [-0.39, 0.29) is 0 Å². The summed E-state index contributed by atoms with van der Waals surface area (Å²) in [6.07, 6.45) is 16.3. The van der Waals surface area contributed by atoms with Gasteiger partial charge in [-0.05, 0) is 0 Å². The minimum absolute atomic E-state index is 0.858. The van der Waals surface area contributed by atoms with Gasteiger partial charge in [0.25, 0.3) is 0 Å². The molecule has 1 N–H and O–H groups in total. The van der Waals surface area contributed by atoms with Crippen LogP contribution in [0.25, 0.3) is 0 Å². The molecular formula is C20H45O4PS. The molecule has 0 rings (SSSR count). The van der Waals surface area contributed by atoms with Gasteiger partial charge in [0.2, 0.25) is 0 Å². The molecule has 0 aromatic carbocycles. The Morgan fingerprint density at radius 3 is 1.08 bits per heavy atom. The molecule has 6 heteroatoms. The van der Waals surface area contributed by atoms with E-state index >= 15 is 0 Å². The Morgan fingerprint density at radius 1 is 0.615 bits per heavy atom. The summed E-state index contributed by atoms with van der Waals surface area (Å²) in [6, 6.07) is 0. The summed E-state index contributed by atoms with van der Waals surface area (Å²) < 4.78 is 39.5. The Bertz CT molecular complexity index is 399. The number of rotatable bonds is 18. The summed E-state index contributed by atoms with van der Waals surface area (Å²) >= 11 is 0. The second-order valence-electron chi connectivity index (χ2n) is 8.08. The molecule has 0 amide bonds. The molecule has 0 bridgehead atoms. The molecule has 0 spiro atoms. The van der Waals surface area contributed by atoms with Crippen molar-refractivity contribution < 1.29 is 16.9 Å². The molecule has 0 atom stereocenters. The quantitative estimate of drug-likeness (QED) is 0.149. The monoisotopic (exact) mass is 412 g/mol. The Kier molecular flexibility index (Phi) is 13.6. The zero-order chi connectivity index (χ0) is 20.0. The normalized spacial score (nSPS) is 14.3. The first-order chi connectivity index (χ1) is 12.3.